The van der Waals surface area contributed by atoms with Crippen LogP contribution in [0.4, 0.5) is 0 Å². The van der Waals surface area contributed by atoms with Crippen LogP contribution in [0.25, 0.3) is 0 Å². The molecule has 23 heavy (non-hydrogen) atoms. The molecule has 0 amide bonds. The van der Waals surface area contributed by atoms with Gasteiger partial charge < -0.3 is 9.84 Å². The van der Waals surface area contributed by atoms with E-state index in [1.807, 2.05) is 42.5 Å². The highest BCUT2D eigenvalue weighted by atomic mass is 35.5. The van der Waals surface area contributed by atoms with Gasteiger partial charge in [-0.05, 0) is 28.7 Å². The average molecular weight is 333 g/mol. The van der Waals surface area contributed by atoms with Crippen molar-refractivity contribution in [1.82, 2.24) is 0 Å². The molecule has 0 bridgehead atoms. The van der Waals surface area contributed by atoms with Crippen molar-refractivity contribution >= 4 is 17.6 Å². The van der Waals surface area contributed by atoms with Gasteiger partial charge in [0, 0.05) is 11.4 Å². The van der Waals surface area contributed by atoms with Crippen LogP contribution in [0.2, 0.25) is 5.02 Å². The molecular weight excluding hydrogens is 312 g/mol. The number of para-hydroxylation sites is 1. The molecule has 1 atom stereocenters. The lowest BCUT2D eigenvalue weighted by Gasteiger charge is -2.25. The van der Waals surface area contributed by atoms with Gasteiger partial charge in [-0.25, -0.2) is 4.79 Å². The number of rotatable bonds is 5. The first-order chi connectivity index (χ1) is 10.8. The minimum Gasteiger partial charge on any atom is -0.478 e. The van der Waals surface area contributed by atoms with Gasteiger partial charge in [-0.15, -0.1) is 0 Å². The molecule has 2 aromatic rings. The predicted molar refractivity (Wildman–Crippen MR) is 92.3 cm³/mol. The van der Waals surface area contributed by atoms with E-state index in [1.54, 1.807) is 6.07 Å². The molecule has 0 aliphatic rings. The molecule has 122 valence electrons. The van der Waals surface area contributed by atoms with Gasteiger partial charge >= 0.3 is 5.97 Å². The summed E-state index contributed by atoms with van der Waals surface area (Å²) in [5.41, 5.74) is 1.60. The fraction of sp³-hybridized carbons (Fsp3) is 0.316. The van der Waals surface area contributed by atoms with Gasteiger partial charge in [0.1, 0.15) is 5.75 Å². The van der Waals surface area contributed by atoms with Crippen molar-refractivity contribution in [3.8, 4) is 5.75 Å². The summed E-state index contributed by atoms with van der Waals surface area (Å²) >= 11 is 6.13. The van der Waals surface area contributed by atoms with Crippen molar-refractivity contribution in [1.29, 1.82) is 0 Å². The maximum atomic E-state index is 11.6. The van der Waals surface area contributed by atoms with Crippen LogP contribution in [0.5, 0.6) is 5.75 Å². The third-order valence-corrected chi connectivity index (χ3v) is 3.97. The third-order valence-electron chi connectivity index (χ3n) is 3.60. The number of carbonyl (C=O) groups is 1. The van der Waals surface area contributed by atoms with Crippen molar-refractivity contribution in [2.24, 2.45) is 0 Å². The molecule has 0 radical (unpaired) electrons. The molecule has 0 aliphatic heterocycles. The van der Waals surface area contributed by atoms with E-state index in [1.165, 1.54) is 0 Å². The number of benzene rings is 2. The SMILES string of the molecule is CC(C)(C)c1ccccc1OC(Cc1ccccc1Cl)C(=O)O. The highest BCUT2D eigenvalue weighted by molar-refractivity contribution is 6.31. The summed E-state index contributed by atoms with van der Waals surface area (Å²) in [5, 5.41) is 10.1. The molecule has 3 nitrogen and oxygen atoms in total. The third kappa shape index (κ3) is 4.49. The zero-order valence-corrected chi connectivity index (χ0v) is 14.3. The van der Waals surface area contributed by atoms with Crippen LogP contribution in [0, 0.1) is 0 Å². The fourth-order valence-electron chi connectivity index (χ4n) is 2.39. The zero-order valence-electron chi connectivity index (χ0n) is 13.5. The van der Waals surface area contributed by atoms with Crippen LogP contribution in [0.15, 0.2) is 48.5 Å². The van der Waals surface area contributed by atoms with Crippen LogP contribution < -0.4 is 4.74 Å². The molecule has 0 spiro atoms. The minimum absolute atomic E-state index is 0.135. The van der Waals surface area contributed by atoms with Crippen molar-refractivity contribution < 1.29 is 14.6 Å². The van der Waals surface area contributed by atoms with Gasteiger partial charge in [0.05, 0.1) is 0 Å². The Bertz CT molecular complexity index is 689. The maximum absolute atomic E-state index is 11.6. The first kappa shape index (κ1) is 17.4. The summed E-state index contributed by atoms with van der Waals surface area (Å²) in [6, 6.07) is 14.8. The van der Waals surface area contributed by atoms with Crippen molar-refractivity contribution in [3.05, 3.63) is 64.7 Å². The first-order valence-corrected chi connectivity index (χ1v) is 7.89. The van der Waals surface area contributed by atoms with Crippen LogP contribution in [-0.2, 0) is 16.6 Å². The molecule has 2 rings (SSSR count). The minimum atomic E-state index is -1.01. The van der Waals surface area contributed by atoms with E-state index >= 15 is 0 Å². The fourth-order valence-corrected chi connectivity index (χ4v) is 2.60. The van der Waals surface area contributed by atoms with E-state index in [2.05, 4.69) is 20.8 Å². The Hall–Kier alpha value is -2.00. The van der Waals surface area contributed by atoms with E-state index in [-0.39, 0.29) is 11.8 Å². The zero-order chi connectivity index (χ0) is 17.0. The number of aliphatic carboxylic acids is 1. The molecule has 0 aliphatic carbocycles. The lowest BCUT2D eigenvalue weighted by molar-refractivity contribution is -0.145. The molecule has 1 N–H and O–H groups in total. The molecule has 0 fully saturated rings. The monoisotopic (exact) mass is 332 g/mol. The number of ether oxygens (including phenoxy) is 1. The van der Waals surface area contributed by atoms with E-state index in [4.69, 9.17) is 16.3 Å². The Labute approximate surface area is 141 Å². The normalized spacial score (nSPS) is 12.7. The molecule has 2 aromatic carbocycles. The summed E-state index contributed by atoms with van der Waals surface area (Å²) in [7, 11) is 0. The number of carboxylic acid groups (broad SMARTS) is 1. The van der Waals surface area contributed by atoms with Crippen molar-refractivity contribution in [2.75, 3.05) is 0 Å². The quantitative estimate of drug-likeness (QED) is 0.862. The van der Waals surface area contributed by atoms with Gasteiger partial charge in [-0.1, -0.05) is 68.8 Å². The van der Waals surface area contributed by atoms with Crippen LogP contribution in [-0.4, -0.2) is 17.2 Å². The number of hydrogen-bond donors (Lipinski definition) is 1. The Morgan fingerprint density at radius 3 is 2.35 bits per heavy atom. The Balaban J connectivity index is 2.28. The van der Waals surface area contributed by atoms with Crippen LogP contribution in [0.3, 0.4) is 0 Å². The molecule has 0 saturated heterocycles. The summed E-state index contributed by atoms with van der Waals surface area (Å²) in [5.74, 6) is -0.409. The van der Waals surface area contributed by atoms with Gasteiger partial charge in [-0.2, -0.15) is 0 Å². The molecular formula is C19H21ClO3. The summed E-state index contributed by atoms with van der Waals surface area (Å²) < 4.78 is 5.83. The van der Waals surface area contributed by atoms with Crippen molar-refractivity contribution in [3.63, 3.8) is 0 Å². The summed E-state index contributed by atoms with van der Waals surface area (Å²) in [6.07, 6.45) is -0.772. The molecule has 0 heterocycles. The average Bonchev–Trinajstić information content (AvgIpc) is 2.48. The van der Waals surface area contributed by atoms with E-state index < -0.39 is 12.1 Å². The standard InChI is InChI=1S/C19H21ClO3/c1-19(2,3)14-9-5-7-11-16(14)23-17(18(21)22)12-13-8-4-6-10-15(13)20/h4-11,17H,12H2,1-3H3,(H,21,22). The topological polar surface area (TPSA) is 46.5 Å². The highest BCUT2D eigenvalue weighted by Gasteiger charge is 2.25. The Morgan fingerprint density at radius 1 is 1.13 bits per heavy atom. The molecule has 1 unspecified atom stereocenters. The van der Waals surface area contributed by atoms with E-state index in [9.17, 15) is 9.90 Å². The van der Waals surface area contributed by atoms with Crippen LogP contribution in [0.1, 0.15) is 31.9 Å². The number of carboxylic acids is 1. The van der Waals surface area contributed by atoms with E-state index in [0.717, 1.165) is 11.1 Å². The molecule has 4 heteroatoms. The number of hydrogen-bond acceptors (Lipinski definition) is 2. The molecule has 0 saturated carbocycles. The van der Waals surface area contributed by atoms with Crippen molar-refractivity contribution in [2.45, 2.75) is 38.7 Å². The largest absolute Gasteiger partial charge is 0.478 e. The summed E-state index contributed by atoms with van der Waals surface area (Å²) in [4.78, 5) is 11.6. The Kier molecular flexibility index (Phi) is 5.32. The van der Waals surface area contributed by atoms with Gasteiger partial charge in [-0.3, -0.25) is 0 Å². The summed E-state index contributed by atoms with van der Waals surface area (Å²) in [6.45, 7) is 6.21. The lowest BCUT2D eigenvalue weighted by atomic mass is 9.86. The number of halogens is 1. The second kappa shape index (κ2) is 7.05. The predicted octanol–water partition coefficient (Wildman–Crippen LogP) is 4.71. The van der Waals surface area contributed by atoms with Gasteiger partial charge in [0.2, 0.25) is 0 Å². The Morgan fingerprint density at radius 2 is 1.74 bits per heavy atom. The highest BCUT2D eigenvalue weighted by Crippen LogP contribution is 2.32. The van der Waals surface area contributed by atoms with E-state index in [0.29, 0.717) is 10.8 Å². The first-order valence-electron chi connectivity index (χ1n) is 7.51. The second-order valence-electron chi connectivity index (χ2n) is 6.49. The maximum Gasteiger partial charge on any atom is 0.345 e. The smallest absolute Gasteiger partial charge is 0.345 e. The van der Waals surface area contributed by atoms with Gasteiger partial charge in [0.15, 0.2) is 6.10 Å². The lowest BCUT2D eigenvalue weighted by Crippen LogP contribution is -2.30. The van der Waals surface area contributed by atoms with Gasteiger partial charge in [0.25, 0.3) is 0 Å². The molecule has 0 aromatic heterocycles. The second-order valence-corrected chi connectivity index (χ2v) is 6.89. The van der Waals surface area contributed by atoms with Crippen LogP contribution >= 0.6 is 11.6 Å².